The molecule has 0 spiro atoms. The van der Waals surface area contributed by atoms with Crippen molar-refractivity contribution in [1.29, 1.82) is 0 Å². The SMILES string of the molecule is COc1ccc(-c2c(OC)c3c(OC)c4c(cc3oc2=O)OC(C)(C)C=C4)cc1.O=C([O-])P(=O)([O-])[O-].[Na+].[Na+].[Na+]. The van der Waals surface area contributed by atoms with Crippen molar-refractivity contribution in [2.24, 2.45) is 0 Å². The summed E-state index contributed by atoms with van der Waals surface area (Å²) in [5, 5.41) is 9.60. The molecule has 15 heteroatoms. The van der Waals surface area contributed by atoms with Gasteiger partial charge in [0.2, 0.25) is 0 Å². The molecule has 4 rings (SSSR count). The summed E-state index contributed by atoms with van der Waals surface area (Å²) in [6, 6.07) is 8.84. The average molecular weight is 586 g/mol. The summed E-state index contributed by atoms with van der Waals surface area (Å²) in [6.45, 7) is 3.90. The second-order valence-electron chi connectivity index (χ2n) is 8.02. The molecule has 39 heavy (non-hydrogen) atoms. The first-order valence-corrected chi connectivity index (χ1v) is 11.9. The van der Waals surface area contributed by atoms with Crippen molar-refractivity contribution in [2.75, 3.05) is 21.3 Å². The molecule has 0 saturated carbocycles. The van der Waals surface area contributed by atoms with Gasteiger partial charge in [-0.1, -0.05) is 12.1 Å². The molecule has 0 radical (unpaired) electrons. The molecule has 2 aromatic carbocycles. The number of hydrogen-bond donors (Lipinski definition) is 0. The molecule has 192 valence electrons. The number of benzene rings is 2. The Labute approximate surface area is 290 Å². The van der Waals surface area contributed by atoms with Crippen molar-refractivity contribution < 1.29 is 136 Å². The van der Waals surface area contributed by atoms with Crippen LogP contribution in [-0.2, 0) is 4.57 Å². The standard InChI is InChI=1S/C23H22O6.CH3O5P.3Na/c1-23(2)11-10-15-16(29-23)12-17-19(20(15)26-4)21(27-5)18(22(24)28-17)13-6-8-14(25-3)9-7-13;2-1(3)7(4,5)6;;;/h6-12H,1-5H3;(H,2,3)(H2,4,5,6);;;/q;;3*+1/p-3. The maximum absolute atomic E-state index is 12.9. The van der Waals surface area contributed by atoms with Gasteiger partial charge < -0.3 is 47.6 Å². The molecule has 0 amide bonds. The number of hydrogen-bond acceptors (Lipinski definition) is 11. The number of methoxy groups -OCH3 is 3. The smallest absolute Gasteiger partial charge is 0.807 e. The van der Waals surface area contributed by atoms with Crippen LogP contribution in [0.15, 0.2) is 45.6 Å². The number of carbonyl (C=O) groups excluding carboxylic acids is 1. The summed E-state index contributed by atoms with van der Waals surface area (Å²) in [5.74, 6) is 2.19. The van der Waals surface area contributed by atoms with Crippen LogP contribution in [0.2, 0.25) is 0 Å². The van der Waals surface area contributed by atoms with E-state index in [1.807, 2.05) is 26.0 Å². The quantitative estimate of drug-likeness (QED) is 0.158. The summed E-state index contributed by atoms with van der Waals surface area (Å²) in [5.41, 5.74) is -1.45. The summed E-state index contributed by atoms with van der Waals surface area (Å²) < 4.78 is 37.5. The van der Waals surface area contributed by atoms with Crippen LogP contribution in [0.3, 0.4) is 0 Å². The van der Waals surface area contributed by atoms with Crippen molar-refractivity contribution in [1.82, 2.24) is 0 Å². The predicted octanol–water partition coefficient (Wildman–Crippen LogP) is -7.07. The second kappa shape index (κ2) is 15.4. The van der Waals surface area contributed by atoms with Gasteiger partial charge in [-0.25, -0.2) is 4.79 Å². The molecular weight excluding hydrogens is 564 g/mol. The van der Waals surface area contributed by atoms with Crippen LogP contribution in [0.1, 0.15) is 19.4 Å². The number of rotatable bonds is 5. The molecule has 1 aliphatic rings. The molecule has 0 aliphatic carbocycles. The van der Waals surface area contributed by atoms with E-state index in [1.54, 1.807) is 44.6 Å². The maximum atomic E-state index is 12.9. The normalized spacial score (nSPS) is 12.6. The van der Waals surface area contributed by atoms with Gasteiger partial charge in [0.05, 0.1) is 32.6 Å². The Kier molecular flexibility index (Phi) is 15.1. The molecule has 0 bridgehead atoms. The van der Waals surface area contributed by atoms with E-state index in [9.17, 15) is 4.79 Å². The fraction of sp³-hybridized carbons (Fsp3) is 0.250. The van der Waals surface area contributed by atoms with Crippen LogP contribution in [0.25, 0.3) is 28.2 Å². The fourth-order valence-corrected chi connectivity index (χ4v) is 3.56. The van der Waals surface area contributed by atoms with Crippen molar-refractivity contribution in [3.8, 4) is 34.1 Å². The van der Waals surface area contributed by atoms with Crippen LogP contribution < -0.4 is 128 Å². The van der Waals surface area contributed by atoms with Gasteiger partial charge in [-0.15, -0.1) is 0 Å². The molecule has 0 N–H and O–H groups in total. The monoisotopic (exact) mass is 586 g/mol. The Morgan fingerprint density at radius 1 is 0.949 bits per heavy atom. The first kappa shape index (κ1) is 38.2. The van der Waals surface area contributed by atoms with Crippen LogP contribution in [0.4, 0.5) is 4.79 Å². The van der Waals surface area contributed by atoms with E-state index in [1.165, 1.54) is 7.11 Å². The molecule has 2 heterocycles. The van der Waals surface area contributed by atoms with Crippen molar-refractivity contribution in [2.45, 2.75) is 19.4 Å². The third-order valence-electron chi connectivity index (χ3n) is 5.14. The maximum Gasteiger partial charge on any atom is 1.00 e. The van der Waals surface area contributed by atoms with Crippen molar-refractivity contribution in [3.05, 3.63) is 52.4 Å². The zero-order valence-corrected chi connectivity index (χ0v) is 29.9. The van der Waals surface area contributed by atoms with E-state index >= 15 is 0 Å². The molecule has 1 aromatic heterocycles. The zero-order valence-electron chi connectivity index (χ0n) is 23.0. The number of carbonyl (C=O) groups is 1. The van der Waals surface area contributed by atoms with E-state index in [4.69, 9.17) is 47.6 Å². The first-order chi connectivity index (χ1) is 16.8. The fourth-order valence-electron chi connectivity index (χ4n) is 3.56. The van der Waals surface area contributed by atoms with E-state index in [0.717, 1.165) is 5.56 Å². The summed E-state index contributed by atoms with van der Waals surface area (Å²) >= 11 is 0. The minimum absolute atomic E-state index is 0. The summed E-state index contributed by atoms with van der Waals surface area (Å²) in [4.78, 5) is 40.2. The van der Waals surface area contributed by atoms with Gasteiger partial charge >= 0.3 is 94.3 Å². The van der Waals surface area contributed by atoms with E-state index in [-0.39, 0.29) is 88.7 Å². The van der Waals surface area contributed by atoms with Gasteiger partial charge in [-0.05, 0) is 51.3 Å². The van der Waals surface area contributed by atoms with E-state index < -0.39 is 24.5 Å². The Morgan fingerprint density at radius 3 is 1.95 bits per heavy atom. The molecule has 1 aliphatic heterocycles. The first-order valence-electron chi connectivity index (χ1n) is 10.3. The van der Waals surface area contributed by atoms with Crippen LogP contribution in [0, 0.1) is 0 Å². The Hall–Kier alpha value is -0.790. The minimum atomic E-state index is -5.43. The minimum Gasteiger partial charge on any atom is -0.807 e. The molecule has 3 aromatic rings. The number of ether oxygens (including phenoxy) is 4. The van der Waals surface area contributed by atoms with Crippen LogP contribution >= 0.6 is 7.60 Å². The molecule has 0 saturated heterocycles. The predicted molar refractivity (Wildman–Crippen MR) is 124 cm³/mol. The molecule has 11 nitrogen and oxygen atoms in total. The van der Waals surface area contributed by atoms with Gasteiger partial charge in [0.15, 0.2) is 0 Å². The zero-order chi connectivity index (χ0) is 26.8. The Morgan fingerprint density at radius 2 is 1.49 bits per heavy atom. The third-order valence-corrected chi connectivity index (χ3v) is 5.59. The summed E-state index contributed by atoms with van der Waals surface area (Å²) in [7, 11) is -0.751. The molecule has 0 atom stereocenters. The third kappa shape index (κ3) is 8.85. The number of fused-ring (bicyclic) bond motifs is 2. The van der Waals surface area contributed by atoms with Crippen LogP contribution in [0.5, 0.6) is 23.0 Å². The number of carboxylic acid groups (broad SMARTS) is 1. The van der Waals surface area contributed by atoms with Gasteiger partial charge in [0.1, 0.15) is 45.1 Å². The molecule has 0 unspecified atom stereocenters. The Balaban J connectivity index is 0.00000129. The van der Waals surface area contributed by atoms with Gasteiger partial charge in [0.25, 0.3) is 0 Å². The van der Waals surface area contributed by atoms with Gasteiger partial charge in [0, 0.05) is 6.07 Å². The topological polar surface area (TPSA) is 170 Å². The van der Waals surface area contributed by atoms with E-state index in [2.05, 4.69) is 0 Å². The second-order valence-corrected chi connectivity index (χ2v) is 9.38. The van der Waals surface area contributed by atoms with Crippen molar-refractivity contribution >= 4 is 30.4 Å². The van der Waals surface area contributed by atoms with Crippen LogP contribution in [-0.4, -0.2) is 32.6 Å². The van der Waals surface area contributed by atoms with Gasteiger partial charge in [-0.2, -0.15) is 0 Å². The average Bonchev–Trinajstić information content (AvgIpc) is 2.81. The molecular formula is C24H22Na3O11P. The summed E-state index contributed by atoms with van der Waals surface area (Å²) in [6.07, 6.45) is 3.91. The van der Waals surface area contributed by atoms with Gasteiger partial charge in [-0.3, -0.25) is 0 Å². The van der Waals surface area contributed by atoms with E-state index in [0.29, 0.717) is 45.1 Å². The largest absolute Gasteiger partial charge is 1.00 e. The Bertz CT molecular complexity index is 1440. The van der Waals surface area contributed by atoms with Crippen molar-refractivity contribution in [3.63, 3.8) is 0 Å². The molecule has 0 fully saturated rings.